The highest BCUT2D eigenvalue weighted by Crippen LogP contribution is 2.34. The number of para-hydroxylation sites is 1. The Morgan fingerprint density at radius 3 is 2.52 bits per heavy atom. The van der Waals surface area contributed by atoms with Crippen LogP contribution >= 0.6 is 11.3 Å². The molecule has 0 amide bonds. The van der Waals surface area contributed by atoms with Gasteiger partial charge >= 0.3 is 0 Å². The molecule has 4 heteroatoms. The third-order valence-electron chi connectivity index (χ3n) is 5.27. The first-order chi connectivity index (χ1) is 14.2. The number of nitrogens with zero attached hydrogens (tertiary/aromatic N) is 1. The molecule has 0 aliphatic carbocycles. The lowest BCUT2D eigenvalue weighted by Crippen LogP contribution is -2.03. The molecule has 5 aromatic rings. The molecule has 0 N–H and O–H groups in total. The molecular weight excluding hydrogens is 378 g/mol. The second kappa shape index (κ2) is 6.83. The molecule has 3 nitrogen and oxygen atoms in total. The Hall–Kier alpha value is -3.50. The van der Waals surface area contributed by atoms with E-state index in [9.17, 15) is 9.59 Å². The number of aldehydes is 1. The predicted octanol–water partition coefficient (Wildman–Crippen LogP) is 6.17. The summed E-state index contributed by atoms with van der Waals surface area (Å²) in [5.74, 6) is -0.0811. The standard InChI is InChI=1S/C25H17NO2S/c1-16-6-8-17(9-7-16)25(28)21-13-23(19-10-11-29-15-19)26-22-5-3-2-4-18(22)12-20(14-27)24(21)26/h2-15H,1H3. The summed E-state index contributed by atoms with van der Waals surface area (Å²) >= 11 is 1.61. The SMILES string of the molecule is Cc1ccc(C(=O)c2cc(-c3ccsc3)n3c2c(C=O)cc2ccccc23)cc1. The Balaban J connectivity index is 1.90. The van der Waals surface area contributed by atoms with Crippen molar-refractivity contribution in [3.63, 3.8) is 0 Å². The molecule has 3 aromatic heterocycles. The maximum absolute atomic E-state index is 13.4. The second-order valence-corrected chi connectivity index (χ2v) is 7.89. The van der Waals surface area contributed by atoms with Gasteiger partial charge in [-0.1, -0.05) is 48.0 Å². The van der Waals surface area contributed by atoms with E-state index in [1.165, 1.54) is 0 Å². The number of carbonyl (C=O) groups excluding carboxylic acids is 2. The summed E-state index contributed by atoms with van der Waals surface area (Å²) in [4.78, 5) is 25.4. The number of carbonyl (C=O) groups is 2. The molecule has 0 spiro atoms. The number of hydrogen-bond donors (Lipinski definition) is 0. The summed E-state index contributed by atoms with van der Waals surface area (Å²) in [6.45, 7) is 1.99. The van der Waals surface area contributed by atoms with Crippen LogP contribution in [0.3, 0.4) is 0 Å². The minimum atomic E-state index is -0.0811. The minimum absolute atomic E-state index is 0.0811. The van der Waals surface area contributed by atoms with Gasteiger partial charge < -0.3 is 4.40 Å². The van der Waals surface area contributed by atoms with Crippen molar-refractivity contribution in [2.75, 3.05) is 0 Å². The Bertz CT molecular complexity index is 1380. The molecule has 5 rings (SSSR count). The number of thiophene rings is 1. The lowest BCUT2D eigenvalue weighted by Gasteiger charge is -2.10. The summed E-state index contributed by atoms with van der Waals surface area (Å²) in [6.07, 6.45) is 0.838. The van der Waals surface area contributed by atoms with Crippen LogP contribution in [0.2, 0.25) is 0 Å². The minimum Gasteiger partial charge on any atom is -0.308 e. The largest absolute Gasteiger partial charge is 0.308 e. The molecule has 0 aliphatic heterocycles. The Morgan fingerprint density at radius 2 is 1.79 bits per heavy atom. The maximum Gasteiger partial charge on any atom is 0.195 e. The van der Waals surface area contributed by atoms with Crippen molar-refractivity contribution in [1.29, 1.82) is 0 Å². The van der Waals surface area contributed by atoms with Crippen molar-refractivity contribution < 1.29 is 9.59 Å². The van der Waals surface area contributed by atoms with Gasteiger partial charge in [0.15, 0.2) is 12.1 Å². The summed E-state index contributed by atoms with van der Waals surface area (Å²) in [5, 5.41) is 5.04. The average molecular weight is 395 g/mol. The van der Waals surface area contributed by atoms with Crippen LogP contribution in [0.1, 0.15) is 31.8 Å². The van der Waals surface area contributed by atoms with E-state index in [4.69, 9.17) is 0 Å². The number of aryl methyl sites for hydroxylation is 1. The second-order valence-electron chi connectivity index (χ2n) is 7.11. The van der Waals surface area contributed by atoms with Crippen molar-refractivity contribution >= 4 is 39.8 Å². The van der Waals surface area contributed by atoms with Gasteiger partial charge in [0.25, 0.3) is 0 Å². The van der Waals surface area contributed by atoms with E-state index in [1.807, 2.05) is 83.4 Å². The zero-order valence-electron chi connectivity index (χ0n) is 15.8. The summed E-state index contributed by atoms with van der Waals surface area (Å²) in [7, 11) is 0. The van der Waals surface area contributed by atoms with Gasteiger partial charge in [0.2, 0.25) is 0 Å². The summed E-state index contributed by atoms with van der Waals surface area (Å²) in [6, 6.07) is 21.3. The average Bonchev–Trinajstić information content (AvgIpc) is 3.41. The van der Waals surface area contributed by atoms with Crippen LogP contribution in [0.5, 0.6) is 0 Å². The number of benzene rings is 2. The number of fused-ring (bicyclic) bond motifs is 3. The molecule has 0 atom stereocenters. The van der Waals surface area contributed by atoms with Crippen LogP contribution < -0.4 is 0 Å². The molecule has 0 radical (unpaired) electrons. The molecule has 29 heavy (non-hydrogen) atoms. The molecule has 0 saturated heterocycles. The lowest BCUT2D eigenvalue weighted by atomic mass is 10.0. The fourth-order valence-electron chi connectivity index (χ4n) is 3.84. The van der Waals surface area contributed by atoms with Crippen LogP contribution in [-0.2, 0) is 0 Å². The zero-order chi connectivity index (χ0) is 20.0. The zero-order valence-corrected chi connectivity index (χ0v) is 16.6. The topological polar surface area (TPSA) is 38.5 Å². The van der Waals surface area contributed by atoms with E-state index in [1.54, 1.807) is 11.3 Å². The van der Waals surface area contributed by atoms with Crippen molar-refractivity contribution in [1.82, 2.24) is 4.40 Å². The highest BCUT2D eigenvalue weighted by molar-refractivity contribution is 7.08. The van der Waals surface area contributed by atoms with Gasteiger partial charge in [-0.25, -0.2) is 0 Å². The van der Waals surface area contributed by atoms with Crippen LogP contribution in [0.15, 0.2) is 77.5 Å². The normalized spacial score (nSPS) is 11.2. The Morgan fingerprint density at radius 1 is 1.00 bits per heavy atom. The van der Waals surface area contributed by atoms with Crippen LogP contribution in [0.4, 0.5) is 0 Å². The molecule has 3 heterocycles. The molecule has 0 bridgehead atoms. The van der Waals surface area contributed by atoms with Crippen molar-refractivity contribution in [2.45, 2.75) is 6.92 Å². The van der Waals surface area contributed by atoms with Crippen LogP contribution in [-0.4, -0.2) is 16.5 Å². The molecule has 140 valence electrons. The fraction of sp³-hybridized carbons (Fsp3) is 0.0400. The number of rotatable bonds is 4. The smallest absolute Gasteiger partial charge is 0.195 e. The summed E-state index contributed by atoms with van der Waals surface area (Å²) in [5.41, 5.74) is 6.34. The van der Waals surface area contributed by atoms with Crippen molar-refractivity contribution in [3.8, 4) is 11.3 Å². The third kappa shape index (κ3) is 2.80. The molecule has 0 fully saturated rings. The highest BCUT2D eigenvalue weighted by Gasteiger charge is 2.22. The van der Waals surface area contributed by atoms with Gasteiger partial charge in [-0.05, 0) is 42.0 Å². The van der Waals surface area contributed by atoms with E-state index >= 15 is 0 Å². The van der Waals surface area contributed by atoms with Gasteiger partial charge in [0.1, 0.15) is 0 Å². The van der Waals surface area contributed by atoms with Crippen molar-refractivity contribution in [3.05, 3.63) is 99.7 Å². The van der Waals surface area contributed by atoms with Gasteiger partial charge in [-0.2, -0.15) is 11.3 Å². The molecule has 0 aliphatic rings. The molecule has 2 aromatic carbocycles. The summed E-state index contributed by atoms with van der Waals surface area (Å²) < 4.78 is 2.04. The first-order valence-electron chi connectivity index (χ1n) is 9.33. The number of hydrogen-bond acceptors (Lipinski definition) is 3. The van der Waals surface area contributed by atoms with Crippen molar-refractivity contribution in [2.24, 2.45) is 0 Å². The number of aromatic nitrogens is 1. The monoisotopic (exact) mass is 395 g/mol. The number of pyridine rings is 1. The third-order valence-corrected chi connectivity index (χ3v) is 5.95. The quantitative estimate of drug-likeness (QED) is 0.269. The first-order valence-corrected chi connectivity index (χ1v) is 10.3. The van der Waals surface area contributed by atoms with E-state index in [-0.39, 0.29) is 5.78 Å². The van der Waals surface area contributed by atoms with E-state index < -0.39 is 0 Å². The lowest BCUT2D eigenvalue weighted by molar-refractivity contribution is 0.104. The fourth-order valence-corrected chi connectivity index (χ4v) is 4.49. The van der Waals surface area contributed by atoms with E-state index in [0.717, 1.165) is 34.0 Å². The van der Waals surface area contributed by atoms with Gasteiger partial charge in [0.05, 0.1) is 16.7 Å². The molecule has 0 saturated carbocycles. The highest BCUT2D eigenvalue weighted by atomic mass is 32.1. The van der Waals surface area contributed by atoms with E-state index in [0.29, 0.717) is 22.2 Å². The molecular formula is C25H17NO2S. The Kier molecular flexibility index (Phi) is 4.14. The first kappa shape index (κ1) is 17.6. The van der Waals surface area contributed by atoms with Crippen LogP contribution in [0, 0.1) is 6.92 Å². The molecule has 0 unspecified atom stereocenters. The van der Waals surface area contributed by atoms with Crippen LogP contribution in [0.25, 0.3) is 27.7 Å². The van der Waals surface area contributed by atoms with Gasteiger partial charge in [-0.3, -0.25) is 9.59 Å². The number of ketones is 1. The maximum atomic E-state index is 13.4. The Labute approximate surface area is 171 Å². The van der Waals surface area contributed by atoms with Gasteiger partial charge in [0, 0.05) is 27.6 Å². The van der Waals surface area contributed by atoms with Gasteiger partial charge in [-0.15, -0.1) is 0 Å². The predicted molar refractivity (Wildman–Crippen MR) is 118 cm³/mol. The van der Waals surface area contributed by atoms with E-state index in [2.05, 4.69) is 5.38 Å².